The molecule has 1 aromatic heterocycles. The largest absolute Gasteiger partial charge is 0.333 e. The Hall–Kier alpha value is -2.20. The van der Waals surface area contributed by atoms with Crippen molar-refractivity contribution in [1.29, 1.82) is 0 Å². The zero-order valence-electron chi connectivity index (χ0n) is 11.6. The lowest BCUT2D eigenvalue weighted by Gasteiger charge is -2.22. The van der Waals surface area contributed by atoms with Gasteiger partial charge in [0.1, 0.15) is 0 Å². The van der Waals surface area contributed by atoms with Gasteiger partial charge in [0.2, 0.25) is 0 Å². The molecule has 0 radical (unpaired) electrons. The Morgan fingerprint density at radius 3 is 2.65 bits per heavy atom. The molecule has 4 nitrogen and oxygen atoms in total. The van der Waals surface area contributed by atoms with Crippen LogP contribution in [-0.4, -0.2) is 28.9 Å². The fraction of sp³-hybridized carbons (Fsp3) is 0.250. The highest BCUT2D eigenvalue weighted by Crippen LogP contribution is 2.10. The molecule has 0 aliphatic heterocycles. The van der Waals surface area contributed by atoms with Crippen LogP contribution in [0.1, 0.15) is 21.6 Å². The van der Waals surface area contributed by atoms with E-state index in [4.69, 9.17) is 5.73 Å². The van der Waals surface area contributed by atoms with Gasteiger partial charge in [0.25, 0.3) is 5.91 Å². The molecule has 0 saturated heterocycles. The number of aromatic nitrogens is 1. The maximum absolute atomic E-state index is 12.5. The van der Waals surface area contributed by atoms with Gasteiger partial charge in [-0.3, -0.25) is 9.78 Å². The number of rotatable bonds is 5. The second-order valence-electron chi connectivity index (χ2n) is 4.69. The van der Waals surface area contributed by atoms with Crippen molar-refractivity contribution < 1.29 is 4.79 Å². The normalized spacial score (nSPS) is 10.3. The van der Waals surface area contributed by atoms with Crippen LogP contribution in [0.5, 0.6) is 0 Å². The van der Waals surface area contributed by atoms with Crippen molar-refractivity contribution in [1.82, 2.24) is 9.88 Å². The third-order valence-corrected chi connectivity index (χ3v) is 3.05. The molecule has 0 bridgehead atoms. The molecule has 1 amide bonds. The second-order valence-corrected chi connectivity index (χ2v) is 4.69. The highest BCUT2D eigenvalue weighted by atomic mass is 16.2. The van der Waals surface area contributed by atoms with Gasteiger partial charge < -0.3 is 10.6 Å². The summed E-state index contributed by atoms with van der Waals surface area (Å²) in [6.07, 6.45) is 1.66. The Balaban J connectivity index is 2.18. The summed E-state index contributed by atoms with van der Waals surface area (Å²) in [5, 5.41) is 0. The third kappa shape index (κ3) is 3.65. The molecule has 0 aliphatic carbocycles. The Morgan fingerprint density at radius 2 is 2.00 bits per heavy atom. The van der Waals surface area contributed by atoms with Crippen molar-refractivity contribution in [2.45, 2.75) is 13.5 Å². The Morgan fingerprint density at radius 1 is 1.25 bits per heavy atom. The number of nitrogens with zero attached hydrogens (tertiary/aromatic N) is 2. The van der Waals surface area contributed by atoms with E-state index in [1.165, 1.54) is 0 Å². The summed E-state index contributed by atoms with van der Waals surface area (Å²) in [6.45, 7) is 3.43. The lowest BCUT2D eigenvalue weighted by molar-refractivity contribution is 0.0748. The maximum atomic E-state index is 12.5. The average molecular weight is 269 g/mol. The topological polar surface area (TPSA) is 59.2 Å². The second kappa shape index (κ2) is 6.82. The van der Waals surface area contributed by atoms with E-state index in [0.717, 1.165) is 11.3 Å². The molecule has 0 saturated carbocycles. The van der Waals surface area contributed by atoms with Gasteiger partial charge in [-0.05, 0) is 24.6 Å². The third-order valence-electron chi connectivity index (χ3n) is 3.05. The number of pyridine rings is 1. The first kappa shape index (κ1) is 14.2. The summed E-state index contributed by atoms with van der Waals surface area (Å²) in [6, 6.07) is 13.5. The van der Waals surface area contributed by atoms with Gasteiger partial charge in [-0.2, -0.15) is 0 Å². The van der Waals surface area contributed by atoms with Crippen LogP contribution < -0.4 is 5.73 Å². The molecule has 1 aromatic carbocycles. The van der Waals surface area contributed by atoms with E-state index in [-0.39, 0.29) is 5.91 Å². The van der Waals surface area contributed by atoms with E-state index >= 15 is 0 Å². The van der Waals surface area contributed by atoms with E-state index in [0.29, 0.717) is 25.2 Å². The molecule has 20 heavy (non-hydrogen) atoms. The highest BCUT2D eigenvalue weighted by molar-refractivity contribution is 5.94. The van der Waals surface area contributed by atoms with Gasteiger partial charge >= 0.3 is 0 Å². The van der Waals surface area contributed by atoms with Gasteiger partial charge in [0, 0.05) is 37.1 Å². The molecule has 0 atom stereocenters. The number of hydrogen-bond donors (Lipinski definition) is 1. The minimum Gasteiger partial charge on any atom is -0.333 e. The molecular weight excluding hydrogens is 250 g/mol. The van der Waals surface area contributed by atoms with Gasteiger partial charge in [-0.1, -0.05) is 30.3 Å². The van der Waals surface area contributed by atoms with Gasteiger partial charge in [0.15, 0.2) is 0 Å². The number of carbonyl (C=O) groups excluding carboxylic acids is 1. The molecule has 1 heterocycles. The summed E-state index contributed by atoms with van der Waals surface area (Å²) in [5.41, 5.74) is 8.21. The van der Waals surface area contributed by atoms with E-state index in [1.54, 1.807) is 23.2 Å². The minimum atomic E-state index is -0.00944. The van der Waals surface area contributed by atoms with Crippen LogP contribution in [0.25, 0.3) is 0 Å². The molecule has 4 heteroatoms. The monoisotopic (exact) mass is 269 g/mol. The lowest BCUT2D eigenvalue weighted by Crippen LogP contribution is -2.35. The van der Waals surface area contributed by atoms with Crippen molar-refractivity contribution in [3.8, 4) is 0 Å². The first-order valence-electron chi connectivity index (χ1n) is 6.66. The zero-order valence-corrected chi connectivity index (χ0v) is 11.6. The van der Waals surface area contributed by atoms with E-state index in [2.05, 4.69) is 4.98 Å². The number of hydrogen-bond acceptors (Lipinski definition) is 3. The zero-order chi connectivity index (χ0) is 14.4. The quantitative estimate of drug-likeness (QED) is 0.903. The molecule has 2 rings (SSSR count). The van der Waals surface area contributed by atoms with Crippen molar-refractivity contribution in [3.05, 3.63) is 65.5 Å². The number of nitrogens with two attached hydrogens (primary N) is 1. The summed E-state index contributed by atoms with van der Waals surface area (Å²) in [7, 11) is 0. The average Bonchev–Trinajstić information content (AvgIpc) is 2.47. The van der Waals surface area contributed by atoms with Crippen LogP contribution in [0.2, 0.25) is 0 Å². The number of aryl methyl sites for hydroxylation is 1. The van der Waals surface area contributed by atoms with Crippen LogP contribution in [-0.2, 0) is 6.54 Å². The maximum Gasteiger partial charge on any atom is 0.254 e. The van der Waals surface area contributed by atoms with E-state index < -0.39 is 0 Å². The van der Waals surface area contributed by atoms with Crippen LogP contribution >= 0.6 is 0 Å². The van der Waals surface area contributed by atoms with Crippen molar-refractivity contribution in [2.75, 3.05) is 13.1 Å². The Kier molecular flexibility index (Phi) is 4.85. The van der Waals surface area contributed by atoms with Crippen molar-refractivity contribution >= 4 is 5.91 Å². The summed E-state index contributed by atoms with van der Waals surface area (Å²) in [5.74, 6) is -0.00944. The smallest absolute Gasteiger partial charge is 0.254 e. The van der Waals surface area contributed by atoms with Gasteiger partial charge in [-0.15, -0.1) is 0 Å². The van der Waals surface area contributed by atoms with Crippen LogP contribution in [0.15, 0.2) is 48.7 Å². The molecule has 104 valence electrons. The predicted octanol–water partition coefficient (Wildman–Crippen LogP) is 1.99. The molecule has 2 aromatic rings. The standard InChI is InChI=1S/C16H19N3O/c1-13-11-15(7-9-18-13)16(20)19(10-8-17)12-14-5-3-2-4-6-14/h2-7,9,11H,8,10,12,17H2,1H3. The lowest BCUT2D eigenvalue weighted by atomic mass is 10.1. The predicted molar refractivity (Wildman–Crippen MR) is 79.2 cm³/mol. The van der Waals surface area contributed by atoms with Crippen molar-refractivity contribution in [3.63, 3.8) is 0 Å². The molecule has 0 unspecified atom stereocenters. The number of carbonyl (C=O) groups is 1. The molecule has 0 aliphatic rings. The SMILES string of the molecule is Cc1cc(C(=O)N(CCN)Cc2ccccc2)ccn1. The molecule has 2 N–H and O–H groups in total. The van der Waals surface area contributed by atoms with E-state index in [1.807, 2.05) is 37.3 Å². The van der Waals surface area contributed by atoms with Crippen LogP contribution in [0.3, 0.4) is 0 Å². The first-order chi connectivity index (χ1) is 9.70. The van der Waals surface area contributed by atoms with Crippen LogP contribution in [0, 0.1) is 6.92 Å². The first-order valence-corrected chi connectivity index (χ1v) is 6.66. The number of benzene rings is 1. The summed E-state index contributed by atoms with van der Waals surface area (Å²) >= 11 is 0. The fourth-order valence-electron chi connectivity index (χ4n) is 2.07. The van der Waals surface area contributed by atoms with Gasteiger partial charge in [0.05, 0.1) is 0 Å². The molecular formula is C16H19N3O. The van der Waals surface area contributed by atoms with Crippen molar-refractivity contribution in [2.24, 2.45) is 5.73 Å². The Bertz CT molecular complexity index is 569. The minimum absolute atomic E-state index is 0.00944. The fourth-order valence-corrected chi connectivity index (χ4v) is 2.07. The summed E-state index contributed by atoms with van der Waals surface area (Å²) < 4.78 is 0. The van der Waals surface area contributed by atoms with E-state index in [9.17, 15) is 4.79 Å². The molecule has 0 spiro atoms. The highest BCUT2D eigenvalue weighted by Gasteiger charge is 2.15. The van der Waals surface area contributed by atoms with Crippen LogP contribution in [0.4, 0.5) is 0 Å². The summed E-state index contributed by atoms with van der Waals surface area (Å²) in [4.78, 5) is 18.4. The molecule has 0 fully saturated rings. The number of amides is 1. The Labute approximate surface area is 119 Å². The van der Waals surface area contributed by atoms with Gasteiger partial charge in [-0.25, -0.2) is 0 Å².